The van der Waals surface area contributed by atoms with Gasteiger partial charge in [0.15, 0.2) is 0 Å². The first-order valence-corrected chi connectivity index (χ1v) is 7.43. The molecule has 1 unspecified atom stereocenters. The zero-order valence-electron chi connectivity index (χ0n) is 12.4. The fraction of sp³-hybridized carbons (Fsp3) is 0.600. The van der Waals surface area contributed by atoms with Crippen LogP contribution >= 0.6 is 0 Å². The van der Waals surface area contributed by atoms with Crippen LogP contribution in [0.15, 0.2) is 18.5 Å². The summed E-state index contributed by atoms with van der Waals surface area (Å²) in [5.74, 6) is 0.557. The van der Waals surface area contributed by atoms with Gasteiger partial charge in [0.25, 0.3) is 5.91 Å². The molecule has 1 atom stereocenters. The van der Waals surface area contributed by atoms with Crippen LogP contribution in [0.3, 0.4) is 0 Å². The highest BCUT2D eigenvalue weighted by Crippen LogP contribution is 2.16. The second kappa shape index (κ2) is 7.24. The summed E-state index contributed by atoms with van der Waals surface area (Å²) in [6.07, 6.45) is 4.53. The fourth-order valence-corrected chi connectivity index (χ4v) is 2.62. The van der Waals surface area contributed by atoms with Crippen LogP contribution in [0.25, 0.3) is 0 Å². The van der Waals surface area contributed by atoms with Crippen molar-refractivity contribution in [1.82, 2.24) is 15.2 Å². The van der Waals surface area contributed by atoms with E-state index >= 15 is 0 Å². The molecule has 0 aliphatic carbocycles. The molecule has 0 saturated carbocycles. The number of carbonyl (C=O) groups is 1. The molecule has 1 amide bonds. The minimum absolute atomic E-state index is 0.0155. The lowest BCUT2D eigenvalue weighted by atomic mass is 10.1. The van der Waals surface area contributed by atoms with Crippen LogP contribution < -0.4 is 10.6 Å². The predicted octanol–water partition coefficient (Wildman–Crippen LogP) is 1.58. The number of anilines is 1. The SMILES string of the molecule is CCNc1cnccc1C(=O)NCC1CCN(CC)C1. The highest BCUT2D eigenvalue weighted by molar-refractivity contribution is 5.99. The van der Waals surface area contributed by atoms with Crippen molar-refractivity contribution >= 4 is 11.6 Å². The number of pyridine rings is 1. The summed E-state index contributed by atoms with van der Waals surface area (Å²) in [5, 5.41) is 6.22. The Morgan fingerprint density at radius 1 is 1.50 bits per heavy atom. The molecule has 1 saturated heterocycles. The third-order valence-corrected chi connectivity index (χ3v) is 3.80. The van der Waals surface area contributed by atoms with Crippen molar-refractivity contribution in [2.45, 2.75) is 20.3 Å². The Bertz CT molecular complexity index is 449. The molecule has 0 spiro atoms. The van der Waals surface area contributed by atoms with E-state index in [4.69, 9.17) is 0 Å². The molecule has 2 rings (SSSR count). The second-order valence-corrected chi connectivity index (χ2v) is 5.21. The summed E-state index contributed by atoms with van der Waals surface area (Å²) in [6.45, 7) is 9.05. The monoisotopic (exact) mass is 276 g/mol. The molecule has 110 valence electrons. The summed E-state index contributed by atoms with van der Waals surface area (Å²) in [7, 11) is 0. The van der Waals surface area contributed by atoms with Crippen LogP contribution in [0.4, 0.5) is 5.69 Å². The van der Waals surface area contributed by atoms with E-state index in [9.17, 15) is 4.79 Å². The Morgan fingerprint density at radius 3 is 3.05 bits per heavy atom. The summed E-state index contributed by atoms with van der Waals surface area (Å²) in [6, 6.07) is 1.76. The Morgan fingerprint density at radius 2 is 2.35 bits per heavy atom. The molecule has 1 aliphatic rings. The van der Waals surface area contributed by atoms with E-state index in [-0.39, 0.29) is 5.91 Å². The molecule has 5 nitrogen and oxygen atoms in total. The maximum absolute atomic E-state index is 12.3. The van der Waals surface area contributed by atoms with Crippen molar-refractivity contribution < 1.29 is 4.79 Å². The zero-order chi connectivity index (χ0) is 14.4. The number of nitrogens with zero attached hydrogens (tertiary/aromatic N) is 2. The van der Waals surface area contributed by atoms with E-state index in [0.29, 0.717) is 11.5 Å². The number of hydrogen-bond donors (Lipinski definition) is 2. The van der Waals surface area contributed by atoms with E-state index in [1.54, 1.807) is 18.5 Å². The number of carbonyl (C=O) groups excluding carboxylic acids is 1. The van der Waals surface area contributed by atoms with Gasteiger partial charge in [0, 0.05) is 25.8 Å². The maximum atomic E-state index is 12.3. The van der Waals surface area contributed by atoms with Crippen LogP contribution in [-0.4, -0.2) is 48.5 Å². The first-order valence-electron chi connectivity index (χ1n) is 7.43. The van der Waals surface area contributed by atoms with Gasteiger partial charge in [0.1, 0.15) is 0 Å². The molecule has 5 heteroatoms. The van der Waals surface area contributed by atoms with Crippen LogP contribution in [0.5, 0.6) is 0 Å². The van der Waals surface area contributed by atoms with E-state index in [1.807, 2.05) is 6.92 Å². The largest absolute Gasteiger partial charge is 0.383 e. The first-order chi connectivity index (χ1) is 9.74. The highest BCUT2D eigenvalue weighted by Gasteiger charge is 2.22. The van der Waals surface area contributed by atoms with E-state index < -0.39 is 0 Å². The Balaban J connectivity index is 1.89. The Labute approximate surface area is 120 Å². The van der Waals surface area contributed by atoms with E-state index in [2.05, 4.69) is 27.4 Å². The molecule has 20 heavy (non-hydrogen) atoms. The lowest BCUT2D eigenvalue weighted by Gasteiger charge is -2.15. The van der Waals surface area contributed by atoms with E-state index in [1.165, 1.54) is 6.42 Å². The fourth-order valence-electron chi connectivity index (χ4n) is 2.62. The number of rotatable bonds is 6. The van der Waals surface area contributed by atoms with Crippen LogP contribution in [0.1, 0.15) is 30.6 Å². The molecule has 2 heterocycles. The van der Waals surface area contributed by atoms with Gasteiger partial charge >= 0.3 is 0 Å². The quantitative estimate of drug-likeness (QED) is 0.828. The van der Waals surface area contributed by atoms with Crippen LogP contribution in [0.2, 0.25) is 0 Å². The van der Waals surface area contributed by atoms with Crippen molar-refractivity contribution in [2.75, 3.05) is 38.0 Å². The van der Waals surface area contributed by atoms with Gasteiger partial charge in [-0.25, -0.2) is 0 Å². The highest BCUT2D eigenvalue weighted by atomic mass is 16.1. The number of nitrogens with one attached hydrogen (secondary N) is 2. The molecule has 2 N–H and O–H groups in total. The molecule has 1 aliphatic heterocycles. The van der Waals surface area contributed by atoms with Gasteiger partial charge < -0.3 is 15.5 Å². The van der Waals surface area contributed by atoms with E-state index in [0.717, 1.165) is 38.4 Å². The first kappa shape index (κ1) is 14.8. The predicted molar refractivity (Wildman–Crippen MR) is 81.0 cm³/mol. The van der Waals surface area contributed by atoms with Crippen molar-refractivity contribution in [1.29, 1.82) is 0 Å². The normalized spacial score (nSPS) is 19.0. The van der Waals surface area contributed by atoms with Crippen molar-refractivity contribution in [2.24, 2.45) is 5.92 Å². The molecular formula is C15H24N4O. The molecule has 1 fully saturated rings. The van der Waals surface area contributed by atoms with Gasteiger partial charge in [-0.05, 0) is 38.4 Å². The molecule has 1 aromatic heterocycles. The second-order valence-electron chi connectivity index (χ2n) is 5.21. The third-order valence-electron chi connectivity index (χ3n) is 3.80. The minimum atomic E-state index is -0.0155. The number of amides is 1. The standard InChI is InChI=1S/C15H24N4O/c1-3-17-14-10-16-7-5-13(14)15(20)18-9-12-6-8-19(4-2)11-12/h5,7,10,12,17H,3-4,6,8-9,11H2,1-2H3,(H,18,20). The molecular weight excluding hydrogens is 252 g/mol. The topological polar surface area (TPSA) is 57.3 Å². The number of likely N-dealkylation sites (tertiary alicyclic amines) is 1. The van der Waals surface area contributed by atoms with Gasteiger partial charge in [0.05, 0.1) is 17.4 Å². The van der Waals surface area contributed by atoms with Gasteiger partial charge in [-0.1, -0.05) is 6.92 Å². The average Bonchev–Trinajstić information content (AvgIpc) is 2.94. The molecule has 0 bridgehead atoms. The summed E-state index contributed by atoms with van der Waals surface area (Å²) in [5.41, 5.74) is 1.47. The summed E-state index contributed by atoms with van der Waals surface area (Å²) < 4.78 is 0. The maximum Gasteiger partial charge on any atom is 0.253 e. The Hall–Kier alpha value is -1.62. The number of aromatic nitrogens is 1. The Kier molecular flexibility index (Phi) is 5.35. The molecule has 1 aromatic rings. The summed E-state index contributed by atoms with van der Waals surface area (Å²) in [4.78, 5) is 18.7. The van der Waals surface area contributed by atoms with Crippen molar-refractivity contribution in [3.8, 4) is 0 Å². The molecule has 0 aromatic carbocycles. The van der Waals surface area contributed by atoms with Crippen molar-refractivity contribution in [3.63, 3.8) is 0 Å². The van der Waals surface area contributed by atoms with Crippen molar-refractivity contribution in [3.05, 3.63) is 24.0 Å². The summed E-state index contributed by atoms with van der Waals surface area (Å²) >= 11 is 0. The van der Waals surface area contributed by atoms with Crippen LogP contribution in [0, 0.1) is 5.92 Å². The lowest BCUT2D eigenvalue weighted by molar-refractivity contribution is 0.0948. The lowest BCUT2D eigenvalue weighted by Crippen LogP contribution is -2.31. The van der Waals surface area contributed by atoms with Crippen LogP contribution in [-0.2, 0) is 0 Å². The smallest absolute Gasteiger partial charge is 0.253 e. The van der Waals surface area contributed by atoms with Gasteiger partial charge in [0.2, 0.25) is 0 Å². The van der Waals surface area contributed by atoms with Gasteiger partial charge in [-0.2, -0.15) is 0 Å². The number of hydrogen-bond acceptors (Lipinski definition) is 4. The average molecular weight is 276 g/mol. The third kappa shape index (κ3) is 3.70. The molecule has 0 radical (unpaired) electrons. The van der Waals surface area contributed by atoms with Gasteiger partial charge in [-0.15, -0.1) is 0 Å². The minimum Gasteiger partial charge on any atom is -0.383 e. The zero-order valence-corrected chi connectivity index (χ0v) is 12.4. The van der Waals surface area contributed by atoms with Gasteiger partial charge in [-0.3, -0.25) is 9.78 Å².